The van der Waals surface area contributed by atoms with E-state index in [2.05, 4.69) is 16.3 Å². The number of nitrogens with zero attached hydrogens (tertiary/aromatic N) is 1. The van der Waals surface area contributed by atoms with Crippen LogP contribution in [0.25, 0.3) is 0 Å². The minimum absolute atomic E-state index is 0.749. The third-order valence-corrected chi connectivity index (χ3v) is 4.45. The molecule has 3 aliphatic rings. The van der Waals surface area contributed by atoms with Gasteiger partial charge in [-0.2, -0.15) is 0 Å². The van der Waals surface area contributed by atoms with Gasteiger partial charge in [0, 0.05) is 37.3 Å². The third kappa shape index (κ3) is 2.44. The molecule has 0 radical (unpaired) electrons. The van der Waals surface area contributed by atoms with E-state index < -0.39 is 0 Å². The molecule has 1 N–H and O–H groups in total. The van der Waals surface area contributed by atoms with Crippen LogP contribution in [0, 0.1) is 11.8 Å². The van der Waals surface area contributed by atoms with Gasteiger partial charge >= 0.3 is 0 Å². The molecule has 0 aromatic carbocycles. The number of piperazine rings is 1. The number of halogens is 1. The predicted molar refractivity (Wildman–Crippen MR) is 67.6 cm³/mol. The molecule has 3 fully saturated rings. The van der Waals surface area contributed by atoms with Gasteiger partial charge < -0.3 is 5.32 Å². The van der Waals surface area contributed by atoms with Crippen molar-refractivity contribution in [3.05, 3.63) is 11.6 Å². The molecule has 2 atom stereocenters. The largest absolute Gasteiger partial charge is 0.311 e. The Kier molecular flexibility index (Phi) is 3.23. The van der Waals surface area contributed by atoms with Gasteiger partial charge in [-0.15, -0.1) is 0 Å². The zero-order valence-corrected chi connectivity index (χ0v) is 10.5. The maximum Gasteiger partial charge on any atom is 0.0252 e. The third-order valence-electron chi connectivity index (χ3n) is 4.28. The summed E-state index contributed by atoms with van der Waals surface area (Å²) in [6.07, 6.45) is 7.82. The Morgan fingerprint density at radius 2 is 1.94 bits per heavy atom. The SMILES string of the molecule is Cl/C=C/CN1CC(C2CC2)NCC1C1CC1. The van der Waals surface area contributed by atoms with E-state index in [1.54, 1.807) is 5.54 Å². The molecule has 3 heteroatoms. The first-order chi connectivity index (χ1) is 7.88. The molecule has 16 heavy (non-hydrogen) atoms. The Balaban J connectivity index is 1.61. The Morgan fingerprint density at radius 1 is 1.19 bits per heavy atom. The molecule has 3 rings (SSSR count). The Morgan fingerprint density at radius 3 is 2.56 bits per heavy atom. The second-order valence-corrected chi connectivity index (χ2v) is 5.82. The van der Waals surface area contributed by atoms with Crippen molar-refractivity contribution in [2.24, 2.45) is 11.8 Å². The quantitative estimate of drug-likeness (QED) is 0.811. The molecule has 2 saturated carbocycles. The highest BCUT2D eigenvalue weighted by atomic mass is 35.5. The van der Waals surface area contributed by atoms with E-state index in [0.717, 1.165) is 30.5 Å². The van der Waals surface area contributed by atoms with Gasteiger partial charge in [0.25, 0.3) is 0 Å². The second-order valence-electron chi connectivity index (χ2n) is 5.57. The first kappa shape index (κ1) is 11.1. The summed E-state index contributed by atoms with van der Waals surface area (Å²) < 4.78 is 0. The minimum atomic E-state index is 0.749. The minimum Gasteiger partial charge on any atom is -0.311 e. The number of rotatable bonds is 4. The van der Waals surface area contributed by atoms with E-state index in [4.69, 9.17) is 11.6 Å². The molecule has 2 aliphatic carbocycles. The molecule has 1 aliphatic heterocycles. The maximum atomic E-state index is 5.65. The topological polar surface area (TPSA) is 15.3 Å². The number of hydrogen-bond donors (Lipinski definition) is 1. The highest BCUT2D eigenvalue weighted by Crippen LogP contribution is 2.39. The van der Waals surface area contributed by atoms with Gasteiger partial charge in [0.1, 0.15) is 0 Å². The lowest BCUT2D eigenvalue weighted by atomic mass is 10.0. The standard InChI is InChI=1S/C13H21ClN2/c14-6-1-7-16-9-12(10-2-3-10)15-8-13(16)11-4-5-11/h1,6,10-13,15H,2-5,7-9H2/b6-1+. The van der Waals surface area contributed by atoms with Gasteiger partial charge in [0.2, 0.25) is 0 Å². The fraction of sp³-hybridized carbons (Fsp3) is 0.846. The summed E-state index contributed by atoms with van der Waals surface area (Å²) in [5.74, 6) is 1.92. The molecule has 1 saturated heterocycles. The summed E-state index contributed by atoms with van der Waals surface area (Å²) in [6, 6.07) is 1.52. The van der Waals surface area contributed by atoms with Crippen molar-refractivity contribution in [1.29, 1.82) is 0 Å². The van der Waals surface area contributed by atoms with Crippen LogP contribution < -0.4 is 5.32 Å². The van der Waals surface area contributed by atoms with Crippen molar-refractivity contribution >= 4 is 11.6 Å². The van der Waals surface area contributed by atoms with Crippen molar-refractivity contribution in [1.82, 2.24) is 10.2 Å². The molecule has 0 bridgehead atoms. The van der Waals surface area contributed by atoms with Crippen LogP contribution in [0.15, 0.2) is 11.6 Å². The van der Waals surface area contributed by atoms with Crippen molar-refractivity contribution in [2.45, 2.75) is 37.8 Å². The van der Waals surface area contributed by atoms with Gasteiger partial charge in [0.15, 0.2) is 0 Å². The molecule has 0 aromatic heterocycles. The lowest BCUT2D eigenvalue weighted by Gasteiger charge is -2.40. The Bertz CT molecular complexity index is 271. The normalized spacial score (nSPS) is 37.1. The zero-order chi connectivity index (χ0) is 11.0. The molecule has 2 unspecified atom stereocenters. The van der Waals surface area contributed by atoms with E-state index in [9.17, 15) is 0 Å². The molecule has 1 heterocycles. The molecule has 0 spiro atoms. The summed E-state index contributed by atoms with van der Waals surface area (Å²) in [5.41, 5.74) is 1.66. The van der Waals surface area contributed by atoms with E-state index >= 15 is 0 Å². The molecule has 0 amide bonds. The van der Waals surface area contributed by atoms with Gasteiger partial charge in [0.05, 0.1) is 0 Å². The molecule has 90 valence electrons. The average Bonchev–Trinajstić information content (AvgIpc) is 3.19. The van der Waals surface area contributed by atoms with E-state index in [0.29, 0.717) is 0 Å². The van der Waals surface area contributed by atoms with E-state index in [1.807, 2.05) is 0 Å². The average molecular weight is 241 g/mol. The molecule has 2 nitrogen and oxygen atoms in total. The number of nitrogens with one attached hydrogen (secondary N) is 1. The fourth-order valence-corrected chi connectivity index (χ4v) is 3.08. The van der Waals surface area contributed by atoms with Crippen molar-refractivity contribution in [3.8, 4) is 0 Å². The van der Waals surface area contributed by atoms with Crippen LogP contribution in [0.1, 0.15) is 25.7 Å². The molecular weight excluding hydrogens is 220 g/mol. The summed E-state index contributed by atoms with van der Waals surface area (Å²) in [6.45, 7) is 3.46. The molecular formula is C13H21ClN2. The van der Waals surface area contributed by atoms with Crippen LogP contribution in [0.5, 0.6) is 0 Å². The lowest BCUT2D eigenvalue weighted by molar-refractivity contribution is 0.121. The Labute approximate surface area is 103 Å². The second kappa shape index (κ2) is 4.67. The van der Waals surface area contributed by atoms with Crippen molar-refractivity contribution in [3.63, 3.8) is 0 Å². The van der Waals surface area contributed by atoms with Crippen LogP contribution in [0.2, 0.25) is 0 Å². The van der Waals surface area contributed by atoms with E-state index in [1.165, 1.54) is 38.8 Å². The van der Waals surface area contributed by atoms with Gasteiger partial charge in [-0.3, -0.25) is 4.90 Å². The zero-order valence-electron chi connectivity index (χ0n) is 9.74. The molecule has 0 aromatic rings. The summed E-state index contributed by atoms with van der Waals surface area (Å²) in [5, 5.41) is 3.76. The predicted octanol–water partition coefficient (Wildman–Crippen LogP) is 2.20. The van der Waals surface area contributed by atoms with Crippen molar-refractivity contribution in [2.75, 3.05) is 19.6 Å². The highest BCUT2D eigenvalue weighted by molar-refractivity contribution is 6.25. The maximum absolute atomic E-state index is 5.65. The van der Waals surface area contributed by atoms with Crippen LogP contribution in [-0.4, -0.2) is 36.6 Å². The van der Waals surface area contributed by atoms with Crippen LogP contribution >= 0.6 is 11.6 Å². The van der Waals surface area contributed by atoms with Crippen LogP contribution in [-0.2, 0) is 0 Å². The smallest absolute Gasteiger partial charge is 0.0252 e. The summed E-state index contributed by atoms with van der Waals surface area (Å²) in [7, 11) is 0. The van der Waals surface area contributed by atoms with Gasteiger partial charge in [-0.05, 0) is 37.5 Å². The lowest BCUT2D eigenvalue weighted by Crippen LogP contribution is -2.57. The highest BCUT2D eigenvalue weighted by Gasteiger charge is 2.41. The van der Waals surface area contributed by atoms with Gasteiger partial charge in [-0.25, -0.2) is 0 Å². The first-order valence-electron chi connectivity index (χ1n) is 6.61. The Hall–Kier alpha value is -0.0500. The number of hydrogen-bond acceptors (Lipinski definition) is 2. The van der Waals surface area contributed by atoms with Gasteiger partial charge in [-0.1, -0.05) is 17.7 Å². The van der Waals surface area contributed by atoms with E-state index in [-0.39, 0.29) is 0 Å². The fourth-order valence-electron chi connectivity index (χ4n) is 3.00. The van der Waals surface area contributed by atoms with Crippen molar-refractivity contribution < 1.29 is 0 Å². The van der Waals surface area contributed by atoms with Crippen LogP contribution in [0.3, 0.4) is 0 Å². The monoisotopic (exact) mass is 240 g/mol. The first-order valence-corrected chi connectivity index (χ1v) is 7.05. The summed E-state index contributed by atoms with van der Waals surface area (Å²) in [4.78, 5) is 2.65. The van der Waals surface area contributed by atoms with Crippen LogP contribution in [0.4, 0.5) is 0 Å². The summed E-state index contributed by atoms with van der Waals surface area (Å²) >= 11 is 5.65.